The number of benzene rings is 1. The van der Waals surface area contributed by atoms with E-state index in [9.17, 15) is 13.2 Å². The molecule has 2 rings (SSSR count). The Balaban J connectivity index is 2.22. The van der Waals surface area contributed by atoms with Gasteiger partial charge in [0.05, 0.1) is 0 Å². The van der Waals surface area contributed by atoms with Crippen LogP contribution in [-0.4, -0.2) is 19.5 Å². The van der Waals surface area contributed by atoms with Crippen molar-refractivity contribution in [3.63, 3.8) is 0 Å². The molecule has 1 heterocycles. The first-order valence-electron chi connectivity index (χ1n) is 5.21. The van der Waals surface area contributed by atoms with Gasteiger partial charge in [0.25, 0.3) is 0 Å². The minimum atomic E-state index is -4.67. The molecule has 1 aromatic carbocycles. The van der Waals surface area contributed by atoms with Gasteiger partial charge in [0.2, 0.25) is 0 Å². The molecule has 0 aromatic heterocycles. The van der Waals surface area contributed by atoms with Gasteiger partial charge in [-0.25, -0.2) is 0 Å². The van der Waals surface area contributed by atoms with Gasteiger partial charge in [-0.1, -0.05) is 11.6 Å². The summed E-state index contributed by atoms with van der Waals surface area (Å²) in [5.74, 6) is -0.0666. The lowest BCUT2D eigenvalue weighted by Crippen LogP contribution is -2.17. The van der Waals surface area contributed by atoms with Gasteiger partial charge in [-0.3, -0.25) is 0 Å². The van der Waals surface area contributed by atoms with Crippen molar-refractivity contribution in [2.24, 2.45) is 0 Å². The number of alkyl halides is 3. The predicted octanol–water partition coefficient (Wildman–Crippen LogP) is 3.32. The summed E-state index contributed by atoms with van der Waals surface area (Å²) in [6.45, 7) is 1.58. The van der Waals surface area contributed by atoms with Crippen molar-refractivity contribution in [3.05, 3.63) is 28.8 Å². The Hall–Kier alpha value is -0.940. The predicted molar refractivity (Wildman–Crippen MR) is 58.4 cm³/mol. The van der Waals surface area contributed by atoms with E-state index in [-0.39, 0.29) is 11.7 Å². The van der Waals surface area contributed by atoms with Crippen molar-refractivity contribution in [2.45, 2.75) is 18.7 Å². The monoisotopic (exact) mass is 265 g/mol. The Kier molecular flexibility index (Phi) is 3.49. The van der Waals surface area contributed by atoms with Crippen LogP contribution in [0.25, 0.3) is 0 Å². The minimum absolute atomic E-state index is 0.152. The minimum Gasteiger partial charge on any atom is -0.406 e. The second-order valence-electron chi connectivity index (χ2n) is 3.92. The topological polar surface area (TPSA) is 21.3 Å². The first-order chi connectivity index (χ1) is 7.96. The number of hydrogen-bond donors (Lipinski definition) is 1. The molecule has 0 amide bonds. The van der Waals surface area contributed by atoms with Crippen LogP contribution < -0.4 is 10.1 Å². The quantitative estimate of drug-likeness (QED) is 0.886. The van der Waals surface area contributed by atoms with Crippen LogP contribution in [0.2, 0.25) is 5.02 Å². The van der Waals surface area contributed by atoms with E-state index >= 15 is 0 Å². The van der Waals surface area contributed by atoms with Crippen molar-refractivity contribution in [3.8, 4) is 5.75 Å². The largest absolute Gasteiger partial charge is 0.573 e. The van der Waals surface area contributed by atoms with Crippen LogP contribution in [0.3, 0.4) is 0 Å². The zero-order valence-corrected chi connectivity index (χ0v) is 9.61. The maximum atomic E-state index is 12.1. The molecule has 1 N–H and O–H groups in total. The molecule has 1 saturated heterocycles. The Morgan fingerprint density at radius 2 is 2.12 bits per heavy atom. The van der Waals surface area contributed by atoms with Gasteiger partial charge < -0.3 is 10.1 Å². The van der Waals surface area contributed by atoms with Crippen LogP contribution in [0.1, 0.15) is 17.9 Å². The van der Waals surface area contributed by atoms with Gasteiger partial charge in [0.15, 0.2) is 0 Å². The molecule has 6 heteroatoms. The maximum Gasteiger partial charge on any atom is 0.573 e. The summed E-state index contributed by atoms with van der Waals surface area (Å²) in [4.78, 5) is 0. The highest BCUT2D eigenvalue weighted by atomic mass is 35.5. The van der Waals surface area contributed by atoms with Gasteiger partial charge in [0, 0.05) is 11.6 Å². The molecule has 0 spiro atoms. The first kappa shape index (κ1) is 12.5. The maximum absolute atomic E-state index is 12.1. The van der Waals surface area contributed by atoms with Crippen molar-refractivity contribution in [1.29, 1.82) is 0 Å². The SMILES string of the molecule is FC(F)(F)Oc1ccc(Cl)c(C2CCNC2)c1. The molecular formula is C11H11ClF3NO. The van der Waals surface area contributed by atoms with Crippen LogP contribution in [0.4, 0.5) is 13.2 Å². The summed E-state index contributed by atoms with van der Waals surface area (Å²) in [5.41, 5.74) is 0.707. The second kappa shape index (κ2) is 4.74. The van der Waals surface area contributed by atoms with E-state index in [1.807, 2.05) is 0 Å². The zero-order valence-electron chi connectivity index (χ0n) is 8.85. The van der Waals surface area contributed by atoms with E-state index in [0.717, 1.165) is 19.5 Å². The number of rotatable bonds is 2. The van der Waals surface area contributed by atoms with E-state index in [4.69, 9.17) is 11.6 Å². The van der Waals surface area contributed by atoms with Gasteiger partial charge in [-0.15, -0.1) is 13.2 Å². The summed E-state index contributed by atoms with van der Waals surface area (Å²) >= 11 is 5.98. The molecule has 1 aromatic rings. The number of ether oxygens (including phenoxy) is 1. The Labute approximate surface area is 102 Å². The normalized spacial score (nSPS) is 20.6. The molecule has 1 atom stereocenters. The molecule has 0 saturated carbocycles. The van der Waals surface area contributed by atoms with Crippen molar-refractivity contribution in [1.82, 2.24) is 5.32 Å². The lowest BCUT2D eigenvalue weighted by Gasteiger charge is -2.14. The summed E-state index contributed by atoms with van der Waals surface area (Å²) in [7, 11) is 0. The molecule has 0 radical (unpaired) electrons. The summed E-state index contributed by atoms with van der Waals surface area (Å²) in [5, 5.41) is 3.62. The number of hydrogen-bond acceptors (Lipinski definition) is 2. The van der Waals surface area contributed by atoms with E-state index in [2.05, 4.69) is 10.1 Å². The summed E-state index contributed by atoms with van der Waals surface area (Å²) < 4.78 is 40.1. The van der Waals surface area contributed by atoms with Crippen molar-refractivity contribution >= 4 is 11.6 Å². The van der Waals surface area contributed by atoms with Gasteiger partial charge >= 0.3 is 6.36 Å². The smallest absolute Gasteiger partial charge is 0.406 e. The fraction of sp³-hybridized carbons (Fsp3) is 0.455. The van der Waals surface area contributed by atoms with Crippen molar-refractivity contribution in [2.75, 3.05) is 13.1 Å². The summed E-state index contributed by atoms with van der Waals surface area (Å²) in [6, 6.07) is 4.03. The second-order valence-corrected chi connectivity index (χ2v) is 4.33. The Morgan fingerprint density at radius 3 is 2.71 bits per heavy atom. The third-order valence-corrected chi connectivity index (χ3v) is 3.05. The van der Waals surface area contributed by atoms with Crippen LogP contribution >= 0.6 is 11.6 Å². The molecule has 1 aliphatic rings. The number of halogens is 4. The number of nitrogens with one attached hydrogen (secondary N) is 1. The van der Waals surface area contributed by atoms with Crippen LogP contribution in [0, 0.1) is 0 Å². The standard InChI is InChI=1S/C11H11ClF3NO/c12-10-2-1-8(17-11(13,14)15)5-9(10)7-3-4-16-6-7/h1-2,5,7,16H,3-4,6H2. The third kappa shape index (κ3) is 3.26. The Morgan fingerprint density at radius 1 is 1.35 bits per heavy atom. The highest BCUT2D eigenvalue weighted by molar-refractivity contribution is 6.31. The first-order valence-corrected chi connectivity index (χ1v) is 5.59. The highest BCUT2D eigenvalue weighted by Crippen LogP contribution is 2.33. The molecular weight excluding hydrogens is 255 g/mol. The van der Waals surface area contributed by atoms with E-state index in [1.54, 1.807) is 0 Å². The molecule has 1 unspecified atom stereocenters. The average Bonchev–Trinajstić information content (AvgIpc) is 2.72. The van der Waals surface area contributed by atoms with Crippen LogP contribution in [0.15, 0.2) is 18.2 Å². The van der Waals surface area contributed by atoms with Crippen LogP contribution in [-0.2, 0) is 0 Å². The average molecular weight is 266 g/mol. The molecule has 1 aliphatic heterocycles. The lowest BCUT2D eigenvalue weighted by atomic mass is 9.98. The van der Waals surface area contributed by atoms with E-state index in [1.165, 1.54) is 18.2 Å². The Bertz CT molecular complexity index is 402. The lowest BCUT2D eigenvalue weighted by molar-refractivity contribution is -0.274. The fourth-order valence-corrected chi connectivity index (χ4v) is 2.22. The molecule has 2 nitrogen and oxygen atoms in total. The molecule has 0 bridgehead atoms. The van der Waals surface area contributed by atoms with Crippen molar-refractivity contribution < 1.29 is 17.9 Å². The fourth-order valence-electron chi connectivity index (χ4n) is 1.95. The molecule has 17 heavy (non-hydrogen) atoms. The summed E-state index contributed by atoms with van der Waals surface area (Å²) in [6.07, 6.45) is -3.80. The molecule has 1 fully saturated rings. The van der Waals surface area contributed by atoms with E-state index < -0.39 is 6.36 Å². The molecule has 0 aliphatic carbocycles. The van der Waals surface area contributed by atoms with Gasteiger partial charge in [-0.2, -0.15) is 0 Å². The zero-order chi connectivity index (χ0) is 12.5. The van der Waals surface area contributed by atoms with Gasteiger partial charge in [0.1, 0.15) is 5.75 Å². The molecule has 94 valence electrons. The van der Waals surface area contributed by atoms with E-state index in [0.29, 0.717) is 10.6 Å². The van der Waals surface area contributed by atoms with Crippen LogP contribution in [0.5, 0.6) is 5.75 Å². The van der Waals surface area contributed by atoms with Gasteiger partial charge in [-0.05, 0) is 42.6 Å². The highest BCUT2D eigenvalue weighted by Gasteiger charge is 2.31. The third-order valence-electron chi connectivity index (χ3n) is 2.70.